The molecule has 3 rings (SSSR count). The Labute approximate surface area is 144 Å². The van der Waals surface area contributed by atoms with E-state index in [9.17, 15) is 4.79 Å². The Kier molecular flexibility index (Phi) is 4.90. The van der Waals surface area contributed by atoms with Gasteiger partial charge in [0.05, 0.1) is 0 Å². The van der Waals surface area contributed by atoms with Crippen LogP contribution in [0.2, 0.25) is 0 Å². The summed E-state index contributed by atoms with van der Waals surface area (Å²) in [5.74, 6) is 0.347. The van der Waals surface area contributed by atoms with Gasteiger partial charge in [-0.25, -0.2) is 0 Å². The van der Waals surface area contributed by atoms with Crippen LogP contribution in [0.1, 0.15) is 37.8 Å². The first-order valence-electron chi connectivity index (χ1n) is 8.77. The Morgan fingerprint density at radius 3 is 2.83 bits per heavy atom. The van der Waals surface area contributed by atoms with Crippen LogP contribution in [0, 0.1) is 12.8 Å². The predicted molar refractivity (Wildman–Crippen MR) is 94.8 cm³/mol. The first kappa shape index (κ1) is 17.0. The van der Waals surface area contributed by atoms with E-state index in [1.165, 1.54) is 11.1 Å². The van der Waals surface area contributed by atoms with Crippen molar-refractivity contribution < 1.29 is 9.63 Å². The Hall–Kier alpha value is -1.88. The van der Waals surface area contributed by atoms with Gasteiger partial charge in [0.1, 0.15) is 5.71 Å². The lowest BCUT2D eigenvalue weighted by molar-refractivity contribution is -0.115. The summed E-state index contributed by atoms with van der Waals surface area (Å²) in [7, 11) is 0. The topological polar surface area (TPSA) is 53.9 Å². The number of oxime groups is 1. The van der Waals surface area contributed by atoms with Crippen molar-refractivity contribution in [1.82, 2.24) is 10.2 Å². The van der Waals surface area contributed by atoms with E-state index < -0.39 is 0 Å². The van der Waals surface area contributed by atoms with Crippen LogP contribution in [0.5, 0.6) is 0 Å². The Bertz CT molecular complexity index is 624. The second-order valence-corrected chi connectivity index (χ2v) is 7.54. The van der Waals surface area contributed by atoms with Crippen LogP contribution in [0.3, 0.4) is 0 Å². The van der Waals surface area contributed by atoms with Gasteiger partial charge in [0, 0.05) is 39.0 Å². The number of nitrogens with zero attached hydrogens (tertiary/aromatic N) is 2. The summed E-state index contributed by atoms with van der Waals surface area (Å²) in [5, 5.41) is 7.00. The molecule has 0 saturated carbocycles. The molecule has 130 valence electrons. The second-order valence-electron chi connectivity index (χ2n) is 7.54. The number of likely N-dealkylation sites (tertiary alicyclic amines) is 1. The van der Waals surface area contributed by atoms with E-state index in [4.69, 9.17) is 4.84 Å². The smallest absolute Gasteiger partial charge is 0.269 e. The lowest BCUT2D eigenvalue weighted by atomic mass is 9.96. The molecule has 0 bridgehead atoms. The number of aryl methyl sites for hydroxylation is 1. The van der Waals surface area contributed by atoms with Crippen molar-refractivity contribution >= 4 is 11.6 Å². The zero-order chi connectivity index (χ0) is 17.2. The maximum Gasteiger partial charge on any atom is 0.269 e. The minimum atomic E-state index is -0.310. The fourth-order valence-electron chi connectivity index (χ4n) is 3.28. The van der Waals surface area contributed by atoms with Gasteiger partial charge in [0.15, 0.2) is 5.60 Å². The fraction of sp³-hybridized carbons (Fsp3) is 0.579. The van der Waals surface area contributed by atoms with Gasteiger partial charge in [-0.1, -0.05) is 48.8 Å². The minimum absolute atomic E-state index is 0.0856. The van der Waals surface area contributed by atoms with E-state index in [1.807, 2.05) is 0 Å². The summed E-state index contributed by atoms with van der Waals surface area (Å²) in [5.41, 5.74) is 2.82. The molecule has 1 fully saturated rings. The molecule has 5 heteroatoms. The molecule has 1 amide bonds. The Balaban J connectivity index is 1.52. The molecule has 0 aliphatic carbocycles. The van der Waals surface area contributed by atoms with Crippen molar-refractivity contribution in [2.24, 2.45) is 11.1 Å². The SMILES string of the molecule is Cc1ccc(CN2CC[C@@]3(CC(C(=O)NCC(C)C)=NO3)C2)cc1. The molecule has 1 saturated heterocycles. The van der Waals surface area contributed by atoms with Gasteiger partial charge in [-0.2, -0.15) is 0 Å². The molecular formula is C19H27N3O2. The molecule has 0 aromatic heterocycles. The normalized spacial score (nSPS) is 23.6. The number of hydrogen-bond donors (Lipinski definition) is 1. The number of rotatable bonds is 5. The van der Waals surface area contributed by atoms with E-state index >= 15 is 0 Å². The molecular weight excluding hydrogens is 302 g/mol. The monoisotopic (exact) mass is 329 g/mol. The summed E-state index contributed by atoms with van der Waals surface area (Å²) >= 11 is 0. The summed E-state index contributed by atoms with van der Waals surface area (Å²) < 4.78 is 0. The van der Waals surface area contributed by atoms with E-state index in [1.54, 1.807) is 0 Å². The zero-order valence-corrected chi connectivity index (χ0v) is 14.8. The molecule has 2 aliphatic heterocycles. The average molecular weight is 329 g/mol. The summed E-state index contributed by atoms with van der Waals surface area (Å²) in [6.07, 6.45) is 1.53. The fourth-order valence-corrected chi connectivity index (χ4v) is 3.28. The molecule has 1 atom stereocenters. The Morgan fingerprint density at radius 1 is 1.38 bits per heavy atom. The zero-order valence-electron chi connectivity index (χ0n) is 14.8. The van der Waals surface area contributed by atoms with Gasteiger partial charge in [-0.15, -0.1) is 0 Å². The molecule has 1 aromatic carbocycles. The van der Waals surface area contributed by atoms with Gasteiger partial charge in [-0.05, 0) is 18.4 Å². The number of carbonyl (C=O) groups excluding carboxylic acids is 1. The van der Waals surface area contributed by atoms with Crippen LogP contribution in [0.15, 0.2) is 29.4 Å². The van der Waals surface area contributed by atoms with Crippen LogP contribution in [-0.2, 0) is 16.2 Å². The molecule has 0 radical (unpaired) electrons. The van der Waals surface area contributed by atoms with Crippen LogP contribution < -0.4 is 5.32 Å². The highest BCUT2D eigenvalue weighted by Gasteiger charge is 2.46. The predicted octanol–water partition coefficient (Wildman–Crippen LogP) is 2.49. The van der Waals surface area contributed by atoms with Crippen molar-refractivity contribution in [2.45, 2.75) is 45.8 Å². The Morgan fingerprint density at radius 2 is 2.12 bits per heavy atom. The van der Waals surface area contributed by atoms with Crippen LogP contribution in [0.25, 0.3) is 0 Å². The lowest BCUT2D eigenvalue weighted by Crippen LogP contribution is -2.37. The molecule has 2 aliphatic rings. The first-order chi connectivity index (χ1) is 11.5. The van der Waals surface area contributed by atoms with Crippen molar-refractivity contribution in [2.75, 3.05) is 19.6 Å². The second kappa shape index (κ2) is 6.93. The molecule has 1 spiro atoms. The van der Waals surface area contributed by atoms with E-state index in [0.29, 0.717) is 24.6 Å². The van der Waals surface area contributed by atoms with Gasteiger partial charge >= 0.3 is 0 Å². The third kappa shape index (κ3) is 3.96. The molecule has 1 N–H and O–H groups in total. The summed E-state index contributed by atoms with van der Waals surface area (Å²) in [4.78, 5) is 20.3. The molecule has 2 heterocycles. The maximum atomic E-state index is 12.2. The molecule has 24 heavy (non-hydrogen) atoms. The van der Waals surface area contributed by atoms with Crippen molar-refractivity contribution in [3.05, 3.63) is 35.4 Å². The van der Waals surface area contributed by atoms with E-state index in [0.717, 1.165) is 26.1 Å². The highest BCUT2D eigenvalue weighted by molar-refractivity contribution is 6.39. The van der Waals surface area contributed by atoms with Crippen molar-refractivity contribution in [3.8, 4) is 0 Å². The standard InChI is InChI=1S/C19H27N3O2/c1-14(2)11-20-18(23)17-10-19(24-21-17)8-9-22(13-19)12-16-6-4-15(3)5-7-16/h4-7,14H,8-13H2,1-3H3,(H,20,23)/t19-/m1/s1. The highest BCUT2D eigenvalue weighted by atomic mass is 16.7. The molecule has 5 nitrogen and oxygen atoms in total. The van der Waals surface area contributed by atoms with Crippen LogP contribution >= 0.6 is 0 Å². The number of hydrogen-bond acceptors (Lipinski definition) is 4. The average Bonchev–Trinajstić information content (AvgIpc) is 3.15. The van der Waals surface area contributed by atoms with Gasteiger partial charge in [0.25, 0.3) is 5.91 Å². The third-order valence-corrected chi connectivity index (χ3v) is 4.69. The van der Waals surface area contributed by atoms with Crippen molar-refractivity contribution in [3.63, 3.8) is 0 Å². The quantitative estimate of drug-likeness (QED) is 0.903. The van der Waals surface area contributed by atoms with E-state index in [-0.39, 0.29) is 11.5 Å². The van der Waals surface area contributed by atoms with Gasteiger partial charge in [-0.3, -0.25) is 9.69 Å². The highest BCUT2D eigenvalue weighted by Crippen LogP contribution is 2.34. The van der Waals surface area contributed by atoms with Crippen molar-refractivity contribution in [1.29, 1.82) is 0 Å². The van der Waals surface area contributed by atoms with Gasteiger partial charge in [0.2, 0.25) is 0 Å². The molecule has 0 unspecified atom stereocenters. The number of benzene rings is 1. The van der Waals surface area contributed by atoms with Gasteiger partial charge < -0.3 is 10.2 Å². The third-order valence-electron chi connectivity index (χ3n) is 4.69. The maximum absolute atomic E-state index is 12.2. The molecule has 1 aromatic rings. The number of amides is 1. The summed E-state index contributed by atoms with van der Waals surface area (Å²) in [6, 6.07) is 8.65. The lowest BCUT2D eigenvalue weighted by Gasteiger charge is -2.21. The summed E-state index contributed by atoms with van der Waals surface area (Å²) in [6.45, 7) is 9.65. The van der Waals surface area contributed by atoms with Crippen LogP contribution in [0.4, 0.5) is 0 Å². The first-order valence-corrected chi connectivity index (χ1v) is 8.77. The minimum Gasteiger partial charge on any atom is -0.387 e. The van der Waals surface area contributed by atoms with Crippen LogP contribution in [-0.4, -0.2) is 41.8 Å². The van der Waals surface area contributed by atoms with E-state index in [2.05, 4.69) is 60.4 Å². The largest absolute Gasteiger partial charge is 0.387 e. The number of carbonyl (C=O) groups is 1. The number of nitrogens with one attached hydrogen (secondary N) is 1.